The summed E-state index contributed by atoms with van der Waals surface area (Å²) in [5.74, 6) is 5.33. The SMILES string of the molecule is CS(=O)(=O)N(N)Cc1ccccc1.Cl. The Balaban J connectivity index is 0.00000169. The summed E-state index contributed by atoms with van der Waals surface area (Å²) in [4.78, 5) is 0. The number of benzene rings is 1. The van der Waals surface area contributed by atoms with Gasteiger partial charge in [-0.05, 0) is 5.56 Å². The third-order valence-corrected chi connectivity index (χ3v) is 2.59. The van der Waals surface area contributed by atoms with E-state index in [0.717, 1.165) is 16.2 Å². The Morgan fingerprint density at radius 3 is 2.21 bits per heavy atom. The van der Waals surface area contributed by atoms with Gasteiger partial charge in [-0.1, -0.05) is 30.3 Å². The molecule has 1 rings (SSSR count). The molecule has 0 heterocycles. The van der Waals surface area contributed by atoms with Crippen molar-refractivity contribution >= 4 is 22.4 Å². The predicted octanol–water partition coefficient (Wildman–Crippen LogP) is 0.744. The van der Waals surface area contributed by atoms with Crippen LogP contribution in [0, 0.1) is 0 Å². The molecular weight excluding hydrogens is 224 g/mol. The largest absolute Gasteiger partial charge is 0.255 e. The molecule has 0 aromatic heterocycles. The average Bonchev–Trinajstić information content (AvgIpc) is 2.04. The smallest absolute Gasteiger partial charge is 0.224 e. The molecule has 1 aromatic rings. The molecule has 0 amide bonds. The van der Waals surface area contributed by atoms with E-state index in [1.807, 2.05) is 30.3 Å². The van der Waals surface area contributed by atoms with E-state index in [4.69, 9.17) is 5.84 Å². The minimum Gasteiger partial charge on any atom is -0.255 e. The van der Waals surface area contributed by atoms with Crippen molar-refractivity contribution in [1.82, 2.24) is 4.41 Å². The van der Waals surface area contributed by atoms with Gasteiger partial charge < -0.3 is 0 Å². The van der Waals surface area contributed by atoms with Crippen LogP contribution in [0.15, 0.2) is 30.3 Å². The zero-order valence-electron chi connectivity index (χ0n) is 7.75. The van der Waals surface area contributed by atoms with Crippen LogP contribution in [0.3, 0.4) is 0 Å². The average molecular weight is 237 g/mol. The summed E-state index contributed by atoms with van der Waals surface area (Å²) in [6.07, 6.45) is 1.08. The molecule has 0 saturated carbocycles. The third-order valence-electron chi connectivity index (χ3n) is 1.61. The molecule has 0 bridgehead atoms. The summed E-state index contributed by atoms with van der Waals surface area (Å²) in [5.41, 5.74) is 0.871. The minimum atomic E-state index is -3.29. The van der Waals surface area contributed by atoms with E-state index in [2.05, 4.69) is 0 Å². The molecule has 0 aliphatic carbocycles. The summed E-state index contributed by atoms with van der Waals surface area (Å²) < 4.78 is 22.7. The van der Waals surface area contributed by atoms with E-state index in [1.165, 1.54) is 0 Å². The van der Waals surface area contributed by atoms with Gasteiger partial charge in [-0.3, -0.25) is 5.84 Å². The lowest BCUT2D eigenvalue weighted by atomic mass is 10.2. The molecule has 4 nitrogen and oxygen atoms in total. The molecule has 0 aliphatic heterocycles. The van der Waals surface area contributed by atoms with Gasteiger partial charge in [0.2, 0.25) is 10.0 Å². The van der Waals surface area contributed by atoms with Crippen LogP contribution in [0.5, 0.6) is 0 Å². The molecule has 0 atom stereocenters. The topological polar surface area (TPSA) is 63.4 Å². The van der Waals surface area contributed by atoms with Crippen LogP contribution in [-0.2, 0) is 16.6 Å². The van der Waals surface area contributed by atoms with Crippen LogP contribution in [0.2, 0.25) is 0 Å². The third kappa shape index (κ3) is 4.06. The highest BCUT2D eigenvalue weighted by Gasteiger charge is 2.11. The maximum atomic E-state index is 10.9. The molecule has 0 radical (unpaired) electrons. The molecule has 2 N–H and O–H groups in total. The Kier molecular flexibility index (Phi) is 5.07. The molecular formula is C8H13ClN2O2S. The van der Waals surface area contributed by atoms with Crippen LogP contribution in [-0.4, -0.2) is 19.1 Å². The van der Waals surface area contributed by atoms with Gasteiger partial charge in [0.15, 0.2) is 0 Å². The Hall–Kier alpha value is -0.620. The van der Waals surface area contributed by atoms with Gasteiger partial charge in [0.05, 0.1) is 12.8 Å². The number of sulfonamides is 1. The fraction of sp³-hybridized carbons (Fsp3) is 0.250. The molecule has 0 fully saturated rings. The number of nitrogens with two attached hydrogens (primary N) is 1. The van der Waals surface area contributed by atoms with Gasteiger partial charge in [-0.2, -0.15) is 0 Å². The van der Waals surface area contributed by atoms with Crippen molar-refractivity contribution in [2.75, 3.05) is 6.26 Å². The van der Waals surface area contributed by atoms with Gasteiger partial charge in [0, 0.05) is 0 Å². The van der Waals surface area contributed by atoms with Crippen LogP contribution in [0.25, 0.3) is 0 Å². The highest BCUT2D eigenvalue weighted by Crippen LogP contribution is 2.03. The van der Waals surface area contributed by atoms with E-state index in [-0.39, 0.29) is 19.0 Å². The Bertz CT molecular complexity index is 366. The minimum absolute atomic E-state index is 0. The Morgan fingerprint density at radius 2 is 1.79 bits per heavy atom. The van der Waals surface area contributed by atoms with Crippen LogP contribution in [0.4, 0.5) is 0 Å². The Morgan fingerprint density at radius 1 is 1.29 bits per heavy atom. The van der Waals surface area contributed by atoms with Crippen LogP contribution < -0.4 is 5.84 Å². The number of hydrogen-bond donors (Lipinski definition) is 1. The lowest BCUT2D eigenvalue weighted by molar-refractivity contribution is 0.426. The van der Waals surface area contributed by atoms with E-state index in [1.54, 1.807) is 0 Å². The first-order valence-corrected chi connectivity index (χ1v) is 5.61. The molecule has 6 heteroatoms. The van der Waals surface area contributed by atoms with Crippen molar-refractivity contribution in [3.05, 3.63) is 35.9 Å². The number of nitrogens with zero attached hydrogens (tertiary/aromatic N) is 1. The lowest BCUT2D eigenvalue weighted by Gasteiger charge is -2.12. The number of rotatable bonds is 3. The van der Waals surface area contributed by atoms with E-state index in [0.29, 0.717) is 0 Å². The second-order valence-electron chi connectivity index (χ2n) is 2.79. The van der Waals surface area contributed by atoms with Gasteiger partial charge in [0.1, 0.15) is 0 Å². The zero-order valence-corrected chi connectivity index (χ0v) is 9.38. The van der Waals surface area contributed by atoms with Gasteiger partial charge >= 0.3 is 0 Å². The van der Waals surface area contributed by atoms with Gasteiger partial charge in [-0.25, -0.2) is 8.42 Å². The second-order valence-corrected chi connectivity index (χ2v) is 4.73. The van der Waals surface area contributed by atoms with Crippen molar-refractivity contribution in [3.8, 4) is 0 Å². The standard InChI is InChI=1S/C8H12N2O2S.ClH/c1-13(11,12)10(9)7-8-5-3-2-4-6-8;/h2-6H,7,9H2,1H3;1H. The van der Waals surface area contributed by atoms with Crippen LogP contribution >= 0.6 is 12.4 Å². The van der Waals surface area contributed by atoms with Crippen molar-refractivity contribution in [3.63, 3.8) is 0 Å². The fourth-order valence-electron chi connectivity index (χ4n) is 0.881. The summed E-state index contributed by atoms with van der Waals surface area (Å²) >= 11 is 0. The maximum absolute atomic E-state index is 10.9. The Labute approximate surface area is 90.1 Å². The molecule has 14 heavy (non-hydrogen) atoms. The summed E-state index contributed by atoms with van der Waals surface area (Å²) in [7, 11) is -3.29. The van der Waals surface area contributed by atoms with Crippen molar-refractivity contribution in [2.24, 2.45) is 5.84 Å². The quantitative estimate of drug-likeness (QED) is 0.622. The van der Waals surface area contributed by atoms with E-state index < -0.39 is 10.0 Å². The summed E-state index contributed by atoms with van der Waals surface area (Å²) in [5, 5.41) is 0. The number of hydrazine groups is 1. The molecule has 0 spiro atoms. The monoisotopic (exact) mass is 236 g/mol. The molecule has 1 aromatic carbocycles. The highest BCUT2D eigenvalue weighted by molar-refractivity contribution is 7.88. The van der Waals surface area contributed by atoms with Crippen molar-refractivity contribution in [1.29, 1.82) is 0 Å². The zero-order chi connectivity index (χ0) is 9.90. The van der Waals surface area contributed by atoms with Crippen molar-refractivity contribution in [2.45, 2.75) is 6.54 Å². The molecule has 80 valence electrons. The van der Waals surface area contributed by atoms with Crippen molar-refractivity contribution < 1.29 is 8.42 Å². The first kappa shape index (κ1) is 13.4. The molecule has 0 saturated heterocycles. The van der Waals surface area contributed by atoms with Gasteiger partial charge in [0.25, 0.3) is 0 Å². The molecule has 0 unspecified atom stereocenters. The first-order valence-electron chi connectivity index (χ1n) is 3.76. The van der Waals surface area contributed by atoms with Crippen LogP contribution in [0.1, 0.15) is 5.56 Å². The number of halogens is 1. The second kappa shape index (κ2) is 5.31. The number of hydrogen-bond acceptors (Lipinski definition) is 3. The van der Waals surface area contributed by atoms with Gasteiger partial charge in [-0.15, -0.1) is 16.8 Å². The maximum Gasteiger partial charge on any atom is 0.224 e. The lowest BCUT2D eigenvalue weighted by Crippen LogP contribution is -2.35. The fourth-order valence-corrected chi connectivity index (χ4v) is 1.26. The first-order chi connectivity index (χ1) is 6.00. The normalized spacial score (nSPS) is 11.1. The summed E-state index contributed by atoms with van der Waals surface area (Å²) in [6, 6.07) is 9.19. The van der Waals surface area contributed by atoms with E-state index in [9.17, 15) is 8.42 Å². The predicted molar refractivity (Wildman–Crippen MR) is 58.3 cm³/mol. The van der Waals surface area contributed by atoms with E-state index >= 15 is 0 Å². The highest BCUT2D eigenvalue weighted by atomic mass is 35.5. The molecule has 0 aliphatic rings. The summed E-state index contributed by atoms with van der Waals surface area (Å²) in [6.45, 7) is 0.208.